The molecule has 2 rings (SSSR count). The Kier molecular flexibility index (Phi) is 6.33. The zero-order chi connectivity index (χ0) is 14.6. The van der Waals surface area contributed by atoms with Crippen molar-refractivity contribution in [2.24, 2.45) is 0 Å². The first-order valence-corrected chi connectivity index (χ1v) is 10.1. The van der Waals surface area contributed by atoms with Crippen LogP contribution in [0.3, 0.4) is 0 Å². The summed E-state index contributed by atoms with van der Waals surface area (Å²) in [5, 5.41) is 1.80. The van der Waals surface area contributed by atoms with Crippen LogP contribution in [-0.4, -0.2) is 10.7 Å². The third-order valence-electron chi connectivity index (χ3n) is 3.44. The summed E-state index contributed by atoms with van der Waals surface area (Å²) in [4.78, 5) is 0. The predicted molar refractivity (Wildman–Crippen MR) is 101 cm³/mol. The van der Waals surface area contributed by atoms with Gasteiger partial charge in [-0.25, -0.2) is 0 Å². The van der Waals surface area contributed by atoms with Crippen molar-refractivity contribution in [3.8, 4) is 0 Å². The van der Waals surface area contributed by atoms with E-state index >= 15 is 0 Å². The van der Waals surface area contributed by atoms with Crippen LogP contribution in [0.15, 0.2) is 57.5 Å². The second kappa shape index (κ2) is 7.57. The lowest BCUT2D eigenvalue weighted by atomic mass is 9.79. The quantitative estimate of drug-likeness (QED) is 0.392. The van der Waals surface area contributed by atoms with Gasteiger partial charge in [0.05, 0.1) is 0 Å². The fourth-order valence-electron chi connectivity index (χ4n) is 2.27. The highest BCUT2D eigenvalue weighted by Gasteiger charge is 2.32. The first-order chi connectivity index (χ1) is 9.63. The van der Waals surface area contributed by atoms with Crippen LogP contribution >= 0.6 is 63.7 Å². The Bertz CT molecular complexity index is 576. The zero-order valence-corrected chi connectivity index (χ0v) is 17.1. The molecule has 0 fully saturated rings. The average Bonchev–Trinajstić information content (AvgIpc) is 2.48. The van der Waals surface area contributed by atoms with Crippen LogP contribution in [0, 0.1) is 0 Å². The van der Waals surface area contributed by atoms with Gasteiger partial charge in [0.1, 0.15) is 0 Å². The summed E-state index contributed by atoms with van der Waals surface area (Å²) >= 11 is 14.8. The van der Waals surface area contributed by atoms with E-state index in [2.05, 4.69) is 112 Å². The monoisotopic (exact) mass is 522 g/mol. The van der Waals surface area contributed by atoms with Crippen LogP contribution in [0.25, 0.3) is 0 Å². The smallest absolute Gasteiger partial charge is 0.0213 e. The normalized spacial score (nSPS) is 11.6. The molecule has 0 unspecified atom stereocenters. The van der Waals surface area contributed by atoms with Crippen LogP contribution in [0.4, 0.5) is 0 Å². The van der Waals surface area contributed by atoms with E-state index in [9.17, 15) is 0 Å². The largest absolute Gasteiger partial charge is 0.0918 e. The highest BCUT2D eigenvalue weighted by molar-refractivity contribution is 9.11. The van der Waals surface area contributed by atoms with Crippen LogP contribution in [0.2, 0.25) is 0 Å². The summed E-state index contributed by atoms with van der Waals surface area (Å²) in [6.07, 6.45) is 0.966. The van der Waals surface area contributed by atoms with Crippen molar-refractivity contribution >= 4 is 63.7 Å². The van der Waals surface area contributed by atoms with Crippen LogP contribution < -0.4 is 0 Å². The minimum absolute atomic E-state index is 0.0178. The maximum absolute atomic E-state index is 3.72. The molecule has 0 radical (unpaired) electrons. The number of hydrogen-bond acceptors (Lipinski definition) is 0. The Labute approximate surface area is 153 Å². The van der Waals surface area contributed by atoms with Crippen molar-refractivity contribution in [3.63, 3.8) is 0 Å². The van der Waals surface area contributed by atoms with E-state index in [1.54, 1.807) is 0 Å². The summed E-state index contributed by atoms with van der Waals surface area (Å²) in [7, 11) is 0. The van der Waals surface area contributed by atoms with Gasteiger partial charge >= 0.3 is 0 Å². The van der Waals surface area contributed by atoms with Crippen molar-refractivity contribution in [1.82, 2.24) is 0 Å². The zero-order valence-electron chi connectivity index (χ0n) is 10.8. The molecule has 0 aliphatic rings. The van der Waals surface area contributed by atoms with Gasteiger partial charge in [0.15, 0.2) is 0 Å². The van der Waals surface area contributed by atoms with E-state index in [4.69, 9.17) is 0 Å². The maximum atomic E-state index is 3.72. The van der Waals surface area contributed by atoms with Gasteiger partial charge in [-0.2, -0.15) is 0 Å². The Morgan fingerprint density at radius 1 is 0.750 bits per heavy atom. The molecular weight excluding hydrogens is 512 g/mol. The summed E-state index contributed by atoms with van der Waals surface area (Å²) in [6.45, 7) is 0. The summed E-state index contributed by atoms with van der Waals surface area (Å²) in [5.41, 5.74) is 2.66. The van der Waals surface area contributed by atoms with Gasteiger partial charge in [-0.05, 0) is 29.7 Å². The maximum Gasteiger partial charge on any atom is 0.0213 e. The van der Waals surface area contributed by atoms with Gasteiger partial charge in [0, 0.05) is 25.0 Å². The lowest BCUT2D eigenvalue weighted by Crippen LogP contribution is -2.33. The highest BCUT2D eigenvalue weighted by Crippen LogP contribution is 2.38. The van der Waals surface area contributed by atoms with Crippen molar-refractivity contribution in [1.29, 1.82) is 0 Å². The Morgan fingerprint density at radius 3 is 1.85 bits per heavy atom. The molecule has 0 aliphatic heterocycles. The Balaban J connectivity index is 2.46. The van der Waals surface area contributed by atoms with Crippen molar-refractivity contribution in [3.05, 3.63) is 68.6 Å². The average molecular weight is 526 g/mol. The van der Waals surface area contributed by atoms with E-state index < -0.39 is 0 Å². The van der Waals surface area contributed by atoms with Gasteiger partial charge in [-0.15, -0.1) is 0 Å². The van der Waals surface area contributed by atoms with E-state index in [-0.39, 0.29) is 5.41 Å². The van der Waals surface area contributed by atoms with E-state index in [1.807, 2.05) is 0 Å². The van der Waals surface area contributed by atoms with E-state index in [0.29, 0.717) is 0 Å². The van der Waals surface area contributed by atoms with Gasteiger partial charge < -0.3 is 0 Å². The molecule has 0 atom stereocenters. The molecule has 0 amide bonds. The lowest BCUT2D eigenvalue weighted by molar-refractivity contribution is 0.547. The number of rotatable bonds is 5. The molecule has 4 heteroatoms. The SMILES string of the molecule is BrCC(CBr)(Cc1ccccc1Br)c1ccccc1Br. The van der Waals surface area contributed by atoms with Crippen LogP contribution in [0.1, 0.15) is 11.1 Å². The summed E-state index contributed by atoms with van der Waals surface area (Å²) < 4.78 is 2.32. The van der Waals surface area contributed by atoms with Crippen LogP contribution in [0.5, 0.6) is 0 Å². The minimum atomic E-state index is 0.0178. The topological polar surface area (TPSA) is 0 Å². The highest BCUT2D eigenvalue weighted by atomic mass is 79.9. The molecule has 0 saturated carbocycles. The van der Waals surface area contributed by atoms with Crippen LogP contribution in [-0.2, 0) is 11.8 Å². The van der Waals surface area contributed by atoms with Gasteiger partial charge in [-0.1, -0.05) is 100 Å². The van der Waals surface area contributed by atoms with Gasteiger partial charge in [-0.3, -0.25) is 0 Å². The number of alkyl halides is 2. The molecule has 0 aromatic heterocycles. The van der Waals surface area contributed by atoms with Gasteiger partial charge in [0.2, 0.25) is 0 Å². The molecule has 2 aromatic rings. The van der Waals surface area contributed by atoms with E-state index in [0.717, 1.165) is 21.6 Å². The summed E-state index contributed by atoms with van der Waals surface area (Å²) in [6, 6.07) is 16.9. The molecule has 2 aromatic carbocycles. The molecule has 20 heavy (non-hydrogen) atoms. The molecule has 0 N–H and O–H groups in total. The molecule has 0 saturated heterocycles. The molecule has 0 aliphatic carbocycles. The first-order valence-electron chi connectivity index (χ1n) is 6.23. The second-order valence-corrected chi connectivity index (χ2v) is 7.63. The molecule has 0 bridgehead atoms. The second-order valence-electron chi connectivity index (χ2n) is 4.80. The van der Waals surface area contributed by atoms with Crippen molar-refractivity contribution in [2.45, 2.75) is 11.8 Å². The fourth-order valence-corrected chi connectivity index (χ4v) is 5.33. The number of hydrogen-bond donors (Lipinski definition) is 0. The lowest BCUT2D eigenvalue weighted by Gasteiger charge is -2.32. The minimum Gasteiger partial charge on any atom is -0.0918 e. The fraction of sp³-hybridized carbons (Fsp3) is 0.250. The Hall–Kier alpha value is 0.360. The molecular formula is C16H14Br4. The molecule has 0 nitrogen and oxygen atoms in total. The molecule has 0 spiro atoms. The van der Waals surface area contributed by atoms with Crippen molar-refractivity contribution < 1.29 is 0 Å². The Morgan fingerprint density at radius 2 is 1.30 bits per heavy atom. The van der Waals surface area contributed by atoms with Crippen molar-refractivity contribution in [2.75, 3.05) is 10.7 Å². The molecule has 0 heterocycles. The number of halogens is 4. The third-order valence-corrected chi connectivity index (χ3v) is 7.06. The molecule has 106 valence electrons. The third kappa shape index (κ3) is 3.57. The predicted octanol–water partition coefficient (Wildman–Crippen LogP) is 6.48. The first kappa shape index (κ1) is 16.7. The summed E-state index contributed by atoms with van der Waals surface area (Å²) in [5.74, 6) is 0. The number of benzene rings is 2. The van der Waals surface area contributed by atoms with Gasteiger partial charge in [0.25, 0.3) is 0 Å². The standard InChI is InChI=1S/C16H14Br4/c17-10-16(11-18,13-6-2-4-8-15(13)20)9-12-5-1-3-7-14(12)19/h1-8H,9-11H2. The van der Waals surface area contributed by atoms with E-state index in [1.165, 1.54) is 15.6 Å².